The fourth-order valence-electron chi connectivity index (χ4n) is 4.24. The SMILES string of the molecule is C[C@@H]1C[C@H](O[C@@H]2O[C@H](CO)[C@@H](O)[C@H](O)[C@H]2O)CC(C)(C)[C@@]1(O)/C=C/C(O)CO. The van der Waals surface area contributed by atoms with Crippen LogP contribution in [0.5, 0.6) is 0 Å². The second-order valence-corrected chi connectivity index (χ2v) is 8.61. The van der Waals surface area contributed by atoms with E-state index < -0.39 is 67.1 Å². The molecule has 1 saturated heterocycles. The van der Waals surface area contributed by atoms with Crippen molar-refractivity contribution in [2.24, 2.45) is 11.3 Å². The van der Waals surface area contributed by atoms with Crippen molar-refractivity contribution in [3.8, 4) is 0 Å². The molecular weight excluding hydrogens is 372 g/mol. The van der Waals surface area contributed by atoms with E-state index in [4.69, 9.17) is 14.6 Å². The summed E-state index contributed by atoms with van der Waals surface area (Å²) in [7, 11) is 0. The molecule has 9 heteroatoms. The van der Waals surface area contributed by atoms with Gasteiger partial charge in [0.1, 0.15) is 24.4 Å². The lowest BCUT2D eigenvalue weighted by Crippen LogP contribution is -2.61. The average Bonchev–Trinajstić information content (AvgIpc) is 2.64. The molecule has 28 heavy (non-hydrogen) atoms. The largest absolute Gasteiger partial charge is 0.394 e. The first kappa shape index (κ1) is 23.7. The van der Waals surface area contributed by atoms with E-state index in [0.29, 0.717) is 12.8 Å². The molecule has 9 atom stereocenters. The van der Waals surface area contributed by atoms with E-state index in [1.54, 1.807) is 0 Å². The van der Waals surface area contributed by atoms with Gasteiger partial charge in [0.15, 0.2) is 6.29 Å². The zero-order valence-corrected chi connectivity index (χ0v) is 16.5. The molecule has 2 aliphatic rings. The highest BCUT2D eigenvalue weighted by Gasteiger charge is 2.53. The van der Waals surface area contributed by atoms with Gasteiger partial charge in [0.2, 0.25) is 0 Å². The molecule has 0 radical (unpaired) electrons. The van der Waals surface area contributed by atoms with E-state index >= 15 is 0 Å². The van der Waals surface area contributed by atoms with E-state index in [9.17, 15) is 30.6 Å². The Hall–Kier alpha value is -0.620. The molecule has 9 nitrogen and oxygen atoms in total. The van der Waals surface area contributed by atoms with E-state index in [1.807, 2.05) is 20.8 Å². The Kier molecular flexibility index (Phi) is 7.63. The summed E-state index contributed by atoms with van der Waals surface area (Å²) in [5.74, 6) is -0.284. The first-order valence-electron chi connectivity index (χ1n) is 9.63. The van der Waals surface area contributed by atoms with Crippen LogP contribution in [0, 0.1) is 11.3 Å². The van der Waals surface area contributed by atoms with Crippen LogP contribution in [0.25, 0.3) is 0 Å². The maximum atomic E-state index is 11.2. The van der Waals surface area contributed by atoms with E-state index in [1.165, 1.54) is 12.2 Å². The molecule has 164 valence electrons. The number of aliphatic hydroxyl groups excluding tert-OH is 6. The molecule has 7 N–H and O–H groups in total. The summed E-state index contributed by atoms with van der Waals surface area (Å²) in [5, 5.41) is 69.0. The van der Waals surface area contributed by atoms with Crippen molar-refractivity contribution >= 4 is 0 Å². The molecule has 1 unspecified atom stereocenters. The Morgan fingerprint density at radius 3 is 2.32 bits per heavy atom. The van der Waals surface area contributed by atoms with Crippen LogP contribution in [0.3, 0.4) is 0 Å². The fraction of sp³-hybridized carbons (Fsp3) is 0.895. The van der Waals surface area contributed by atoms with Gasteiger partial charge < -0.3 is 45.2 Å². The topological polar surface area (TPSA) is 160 Å². The summed E-state index contributed by atoms with van der Waals surface area (Å²) >= 11 is 0. The van der Waals surface area contributed by atoms with Gasteiger partial charge in [-0.1, -0.05) is 32.9 Å². The normalized spacial score (nSPS) is 45.3. The van der Waals surface area contributed by atoms with Gasteiger partial charge in [-0.3, -0.25) is 0 Å². The van der Waals surface area contributed by atoms with Crippen molar-refractivity contribution in [2.45, 2.75) is 82.1 Å². The summed E-state index contributed by atoms with van der Waals surface area (Å²) in [6, 6.07) is 0. The molecular formula is C19H34O9. The minimum atomic E-state index is -1.51. The van der Waals surface area contributed by atoms with Crippen LogP contribution in [-0.4, -0.2) is 97.5 Å². The molecule has 1 heterocycles. The molecule has 1 saturated carbocycles. The molecule has 0 bridgehead atoms. The molecule has 0 amide bonds. The predicted molar refractivity (Wildman–Crippen MR) is 98.0 cm³/mol. The number of hydrogen-bond acceptors (Lipinski definition) is 9. The van der Waals surface area contributed by atoms with Crippen LogP contribution in [0.2, 0.25) is 0 Å². The zero-order valence-electron chi connectivity index (χ0n) is 16.5. The van der Waals surface area contributed by atoms with Crippen LogP contribution in [-0.2, 0) is 9.47 Å². The smallest absolute Gasteiger partial charge is 0.186 e. The van der Waals surface area contributed by atoms with Crippen LogP contribution in [0.1, 0.15) is 33.6 Å². The predicted octanol–water partition coefficient (Wildman–Crippen LogP) is -1.73. The van der Waals surface area contributed by atoms with Crippen molar-refractivity contribution in [2.75, 3.05) is 13.2 Å². The Labute approximate surface area is 164 Å². The minimum Gasteiger partial charge on any atom is -0.394 e. The molecule has 1 aliphatic heterocycles. The molecule has 0 spiro atoms. The first-order valence-corrected chi connectivity index (χ1v) is 9.63. The average molecular weight is 406 g/mol. The summed E-state index contributed by atoms with van der Waals surface area (Å²) in [6.07, 6.45) is -4.48. The van der Waals surface area contributed by atoms with Crippen molar-refractivity contribution < 1.29 is 45.2 Å². The van der Waals surface area contributed by atoms with Gasteiger partial charge in [-0.05, 0) is 24.2 Å². The maximum absolute atomic E-state index is 11.2. The lowest BCUT2D eigenvalue weighted by Gasteiger charge is -2.52. The van der Waals surface area contributed by atoms with Gasteiger partial charge in [0.25, 0.3) is 0 Å². The summed E-state index contributed by atoms with van der Waals surface area (Å²) in [6.45, 7) is 4.56. The van der Waals surface area contributed by atoms with Crippen molar-refractivity contribution in [1.82, 2.24) is 0 Å². The number of aliphatic hydroxyl groups is 7. The van der Waals surface area contributed by atoms with Gasteiger partial charge in [-0.15, -0.1) is 0 Å². The number of hydrogen-bond donors (Lipinski definition) is 7. The molecule has 1 aliphatic carbocycles. The number of rotatable bonds is 6. The molecule has 2 rings (SSSR count). The van der Waals surface area contributed by atoms with Crippen LogP contribution in [0.4, 0.5) is 0 Å². The Bertz CT molecular complexity index is 537. The van der Waals surface area contributed by atoms with Crippen molar-refractivity contribution in [3.63, 3.8) is 0 Å². The third-order valence-corrected chi connectivity index (χ3v) is 6.12. The monoisotopic (exact) mass is 406 g/mol. The maximum Gasteiger partial charge on any atom is 0.186 e. The second kappa shape index (κ2) is 9.03. The Morgan fingerprint density at radius 1 is 1.14 bits per heavy atom. The van der Waals surface area contributed by atoms with Crippen LogP contribution >= 0.6 is 0 Å². The zero-order chi connectivity index (χ0) is 21.3. The Morgan fingerprint density at radius 2 is 1.79 bits per heavy atom. The van der Waals surface area contributed by atoms with Gasteiger partial charge in [0.05, 0.1) is 31.0 Å². The Balaban J connectivity index is 2.11. The van der Waals surface area contributed by atoms with Crippen LogP contribution in [0.15, 0.2) is 12.2 Å². The highest BCUT2D eigenvalue weighted by molar-refractivity contribution is 5.15. The van der Waals surface area contributed by atoms with E-state index in [2.05, 4.69) is 0 Å². The highest BCUT2D eigenvalue weighted by Crippen LogP contribution is 2.49. The molecule has 0 aromatic rings. The van der Waals surface area contributed by atoms with Gasteiger partial charge in [-0.25, -0.2) is 0 Å². The van der Waals surface area contributed by atoms with E-state index in [0.717, 1.165) is 0 Å². The summed E-state index contributed by atoms with van der Waals surface area (Å²) in [4.78, 5) is 0. The van der Waals surface area contributed by atoms with Gasteiger partial charge in [0, 0.05) is 0 Å². The second-order valence-electron chi connectivity index (χ2n) is 8.61. The third-order valence-electron chi connectivity index (χ3n) is 6.12. The molecule has 0 aromatic heterocycles. The first-order chi connectivity index (χ1) is 13.0. The van der Waals surface area contributed by atoms with Crippen molar-refractivity contribution in [3.05, 3.63) is 12.2 Å². The molecule has 2 fully saturated rings. The van der Waals surface area contributed by atoms with Crippen LogP contribution < -0.4 is 0 Å². The van der Waals surface area contributed by atoms with Gasteiger partial charge >= 0.3 is 0 Å². The third kappa shape index (κ3) is 4.58. The van der Waals surface area contributed by atoms with E-state index in [-0.39, 0.29) is 5.92 Å². The molecule has 0 aromatic carbocycles. The highest BCUT2D eigenvalue weighted by atomic mass is 16.7. The fourth-order valence-corrected chi connectivity index (χ4v) is 4.24. The van der Waals surface area contributed by atoms with Gasteiger partial charge in [-0.2, -0.15) is 0 Å². The lowest BCUT2D eigenvalue weighted by atomic mass is 9.59. The van der Waals surface area contributed by atoms with Crippen molar-refractivity contribution in [1.29, 1.82) is 0 Å². The standard InChI is InChI=1S/C19H34O9/c1-10-6-12(7-18(2,3)19(10,26)5-4-11(22)8-20)27-17-16(25)15(24)14(23)13(9-21)28-17/h4-5,10-17,20-26H,6-9H2,1-3H3/b5-4+/t10-,11?,12+,13-,14-,15+,16-,17-,19-/m1/s1. The number of ether oxygens (including phenoxy) is 2. The summed E-state index contributed by atoms with van der Waals surface area (Å²) in [5.41, 5.74) is -1.92. The minimum absolute atomic E-state index is 0.284. The summed E-state index contributed by atoms with van der Waals surface area (Å²) < 4.78 is 11.3. The quantitative estimate of drug-likeness (QED) is 0.254. The lowest BCUT2D eigenvalue weighted by molar-refractivity contribution is -0.319.